The number of aryl methyl sites for hydroxylation is 1. The van der Waals surface area contributed by atoms with E-state index in [-0.39, 0.29) is 20.9 Å². The van der Waals surface area contributed by atoms with Crippen molar-refractivity contribution in [3.05, 3.63) is 39.5 Å². The van der Waals surface area contributed by atoms with Crippen molar-refractivity contribution in [3.63, 3.8) is 0 Å². The zero-order chi connectivity index (χ0) is 20.8. The molecule has 0 amide bonds. The van der Waals surface area contributed by atoms with Crippen molar-refractivity contribution in [3.8, 4) is 0 Å². The Bertz CT molecular complexity index is 1030. The summed E-state index contributed by atoms with van der Waals surface area (Å²) < 4.78 is 27.1. The number of aromatic amines is 1. The molecule has 7 nitrogen and oxygen atoms in total. The maximum absolute atomic E-state index is 13.6. The molecule has 2 heterocycles. The third-order valence-corrected chi connectivity index (χ3v) is 8.88. The number of hydrogen-bond acceptors (Lipinski definition) is 5. The maximum atomic E-state index is 13.6. The highest BCUT2D eigenvalue weighted by Gasteiger charge is 2.40. The van der Waals surface area contributed by atoms with Gasteiger partial charge in [0.05, 0.1) is 21.2 Å². The minimum Gasteiger partial charge on any atom is -0.481 e. The Hall–Kier alpha value is -1.77. The fraction of sp³-hybridized carbons (Fsp3) is 0.474. The van der Waals surface area contributed by atoms with Gasteiger partial charge in [0.25, 0.3) is 0 Å². The molecule has 0 spiro atoms. The minimum absolute atomic E-state index is 0.0436. The predicted octanol–water partition coefficient (Wildman–Crippen LogP) is 3.87. The summed E-state index contributed by atoms with van der Waals surface area (Å²) in [5.74, 6) is -0.565. The number of nitrogens with zero attached hydrogens (tertiary/aromatic N) is 2. The van der Waals surface area contributed by atoms with Crippen molar-refractivity contribution in [2.75, 3.05) is 18.0 Å². The van der Waals surface area contributed by atoms with Gasteiger partial charge in [-0.25, -0.2) is 8.42 Å². The molecule has 0 radical (unpaired) electrons. The van der Waals surface area contributed by atoms with Gasteiger partial charge in [-0.15, -0.1) is 0 Å². The molecule has 1 aromatic heterocycles. The molecule has 1 aromatic carbocycles. The van der Waals surface area contributed by atoms with Crippen LogP contribution in [0.2, 0.25) is 10.0 Å². The summed E-state index contributed by atoms with van der Waals surface area (Å²) in [5.41, 5.74) is 1.48. The van der Waals surface area contributed by atoms with Crippen molar-refractivity contribution in [2.45, 2.75) is 42.2 Å². The van der Waals surface area contributed by atoms with E-state index < -0.39 is 21.1 Å². The fourth-order valence-corrected chi connectivity index (χ4v) is 7.34. The number of anilines is 1. The number of H-pyrrole nitrogens is 1. The minimum atomic E-state index is -3.84. The van der Waals surface area contributed by atoms with Crippen molar-refractivity contribution >= 4 is 44.8 Å². The number of carbonyl (C=O) groups is 1. The highest BCUT2D eigenvalue weighted by atomic mass is 35.5. The third-order valence-electron chi connectivity index (χ3n) is 5.80. The number of nitrogens with one attached hydrogen (secondary N) is 1. The molecule has 1 unspecified atom stereocenters. The van der Waals surface area contributed by atoms with Crippen molar-refractivity contribution in [2.24, 2.45) is 5.92 Å². The molecule has 1 saturated heterocycles. The van der Waals surface area contributed by atoms with E-state index in [2.05, 4.69) is 10.2 Å². The summed E-state index contributed by atoms with van der Waals surface area (Å²) in [4.78, 5) is 13.2. The smallest absolute Gasteiger partial charge is 0.306 e. The average molecular weight is 458 g/mol. The second-order valence-electron chi connectivity index (χ2n) is 7.52. The molecule has 0 bridgehead atoms. The van der Waals surface area contributed by atoms with Gasteiger partial charge in [-0.05, 0) is 44.2 Å². The van der Waals surface area contributed by atoms with Gasteiger partial charge >= 0.3 is 5.97 Å². The van der Waals surface area contributed by atoms with Gasteiger partial charge in [0, 0.05) is 24.3 Å². The largest absolute Gasteiger partial charge is 0.481 e. The fourth-order valence-electron chi connectivity index (χ4n) is 4.30. The molecular formula is C19H21Cl2N3O4S. The van der Waals surface area contributed by atoms with E-state index in [4.69, 9.17) is 23.2 Å². The van der Waals surface area contributed by atoms with Crippen molar-refractivity contribution in [1.29, 1.82) is 0 Å². The molecule has 0 saturated carbocycles. The summed E-state index contributed by atoms with van der Waals surface area (Å²) in [6.07, 6.45) is 2.89. The van der Waals surface area contributed by atoms with Crippen LogP contribution in [-0.2, 0) is 21.1 Å². The zero-order valence-electron chi connectivity index (χ0n) is 15.6. The number of hydrogen-bond donors (Lipinski definition) is 2. The average Bonchev–Trinajstić information content (AvgIpc) is 3.11. The van der Waals surface area contributed by atoms with E-state index in [9.17, 15) is 18.3 Å². The third kappa shape index (κ3) is 3.62. The molecule has 2 N–H and O–H groups in total. The topological polar surface area (TPSA) is 103 Å². The summed E-state index contributed by atoms with van der Waals surface area (Å²) in [6.45, 7) is 1.04. The maximum Gasteiger partial charge on any atom is 0.306 e. The normalized spacial score (nSPS) is 20.5. The second kappa shape index (κ2) is 7.81. The van der Waals surface area contributed by atoms with E-state index in [1.165, 1.54) is 12.1 Å². The lowest BCUT2D eigenvalue weighted by Crippen LogP contribution is -2.37. The van der Waals surface area contributed by atoms with Crippen LogP contribution >= 0.6 is 23.2 Å². The molecule has 1 aliphatic heterocycles. The van der Waals surface area contributed by atoms with Crippen LogP contribution in [0.5, 0.6) is 0 Å². The first-order chi connectivity index (χ1) is 13.8. The number of carboxylic acids is 1. The van der Waals surface area contributed by atoms with Gasteiger partial charge < -0.3 is 10.0 Å². The standard InChI is InChI=1S/C19H21Cl2N3O4S/c20-12-3-1-4-13(21)17(12)29(27,28)15-6-2-5-14-16(15)18(23-22-14)24-9-7-11(8-10-24)19(25)26/h1,3-4,11,15H,2,5-10H2,(H,22,23)(H,25,26). The number of halogens is 2. The van der Waals surface area contributed by atoms with Crippen LogP contribution in [-0.4, -0.2) is 42.8 Å². The zero-order valence-corrected chi connectivity index (χ0v) is 17.9. The SMILES string of the molecule is O=C(O)C1CCN(c2n[nH]c3c2C(S(=O)(=O)c2c(Cl)cccc2Cl)CCC3)CC1. The molecule has 156 valence electrons. The van der Waals surface area contributed by atoms with Gasteiger partial charge in [-0.2, -0.15) is 5.10 Å². The Morgan fingerprint density at radius 3 is 2.45 bits per heavy atom. The Morgan fingerprint density at radius 2 is 1.83 bits per heavy atom. The van der Waals surface area contributed by atoms with Gasteiger partial charge in [0.1, 0.15) is 4.90 Å². The summed E-state index contributed by atoms with van der Waals surface area (Å²) in [7, 11) is -3.84. The van der Waals surface area contributed by atoms with Crippen LogP contribution in [0.3, 0.4) is 0 Å². The van der Waals surface area contributed by atoms with Crippen molar-refractivity contribution in [1.82, 2.24) is 10.2 Å². The lowest BCUT2D eigenvalue weighted by molar-refractivity contribution is -0.142. The second-order valence-corrected chi connectivity index (χ2v) is 10.4. The van der Waals surface area contributed by atoms with Crippen LogP contribution < -0.4 is 4.90 Å². The molecule has 10 heteroatoms. The first kappa shape index (κ1) is 20.5. The monoisotopic (exact) mass is 457 g/mol. The van der Waals surface area contributed by atoms with Crippen LogP contribution in [0.4, 0.5) is 5.82 Å². The van der Waals surface area contributed by atoms with Gasteiger partial charge in [-0.3, -0.25) is 9.89 Å². The molecule has 1 aliphatic carbocycles. The predicted molar refractivity (Wildman–Crippen MR) is 110 cm³/mol. The Kier molecular flexibility index (Phi) is 5.52. The molecule has 2 aliphatic rings. The molecule has 4 rings (SSSR count). The van der Waals surface area contributed by atoms with Gasteiger partial charge in [0.15, 0.2) is 15.7 Å². The molecule has 2 aromatic rings. The Balaban J connectivity index is 1.72. The van der Waals surface area contributed by atoms with Crippen LogP contribution in [0, 0.1) is 5.92 Å². The number of benzene rings is 1. The molecular weight excluding hydrogens is 437 g/mol. The number of aliphatic carboxylic acids is 1. The van der Waals surface area contributed by atoms with Crippen molar-refractivity contribution < 1.29 is 18.3 Å². The first-order valence-electron chi connectivity index (χ1n) is 9.53. The summed E-state index contributed by atoms with van der Waals surface area (Å²) in [5, 5.41) is 16.1. The highest BCUT2D eigenvalue weighted by molar-refractivity contribution is 7.92. The van der Waals surface area contributed by atoms with E-state index >= 15 is 0 Å². The number of aromatic nitrogens is 2. The van der Waals surface area contributed by atoms with E-state index in [1.54, 1.807) is 6.07 Å². The van der Waals surface area contributed by atoms with E-state index in [1.807, 2.05) is 4.90 Å². The summed E-state index contributed by atoms with van der Waals surface area (Å²) >= 11 is 12.4. The van der Waals surface area contributed by atoms with Crippen LogP contribution in [0.15, 0.2) is 23.1 Å². The van der Waals surface area contributed by atoms with Gasteiger partial charge in [0.2, 0.25) is 0 Å². The number of carboxylic acid groups (broad SMARTS) is 1. The van der Waals surface area contributed by atoms with Crippen LogP contribution in [0.25, 0.3) is 0 Å². The lowest BCUT2D eigenvalue weighted by Gasteiger charge is -2.33. The van der Waals surface area contributed by atoms with Crippen LogP contribution in [0.1, 0.15) is 42.2 Å². The van der Waals surface area contributed by atoms with E-state index in [0.717, 1.165) is 12.1 Å². The Morgan fingerprint density at radius 1 is 1.17 bits per heavy atom. The Labute approximate surface area is 178 Å². The highest BCUT2D eigenvalue weighted by Crippen LogP contribution is 2.46. The number of piperidine rings is 1. The quantitative estimate of drug-likeness (QED) is 0.721. The molecule has 29 heavy (non-hydrogen) atoms. The number of fused-ring (bicyclic) bond motifs is 1. The number of sulfone groups is 1. The lowest BCUT2D eigenvalue weighted by atomic mass is 9.94. The van der Waals surface area contributed by atoms with E-state index in [0.29, 0.717) is 50.2 Å². The summed E-state index contributed by atoms with van der Waals surface area (Å²) in [6, 6.07) is 4.67. The molecule has 1 atom stereocenters. The molecule has 1 fully saturated rings. The number of rotatable bonds is 4. The van der Waals surface area contributed by atoms with Gasteiger partial charge in [-0.1, -0.05) is 29.3 Å². The first-order valence-corrected chi connectivity index (χ1v) is 11.8.